The Labute approximate surface area is 178 Å². The Hall–Kier alpha value is -3.31. The minimum absolute atomic E-state index is 0.0250. The lowest BCUT2D eigenvalue weighted by atomic mass is 9.98. The summed E-state index contributed by atoms with van der Waals surface area (Å²) in [5, 5.41) is 31.0. The number of urea groups is 1. The van der Waals surface area contributed by atoms with Crippen molar-refractivity contribution < 1.29 is 43.7 Å². The Morgan fingerprint density at radius 1 is 0.903 bits per heavy atom. The molecule has 0 radical (unpaired) electrons. The Morgan fingerprint density at radius 2 is 1.48 bits per heavy atom. The average Bonchev–Trinajstić information content (AvgIpc) is 2.69. The van der Waals surface area contributed by atoms with Gasteiger partial charge in [-0.3, -0.25) is 14.6 Å². The number of aliphatic imine (C=N–C) groups is 1. The second-order valence-electron chi connectivity index (χ2n) is 6.70. The topological polar surface area (TPSA) is 182 Å². The number of aliphatic carboxylic acids is 3. The molecule has 0 bridgehead atoms. The maximum Gasteiger partial charge on any atom is 0.326 e. The van der Waals surface area contributed by atoms with Crippen LogP contribution in [0, 0.1) is 5.92 Å². The minimum Gasteiger partial charge on any atom is -0.481 e. The van der Waals surface area contributed by atoms with Crippen molar-refractivity contribution in [3.8, 4) is 0 Å². The average molecular weight is 444 g/mol. The highest BCUT2D eigenvalue weighted by Crippen LogP contribution is 2.11. The van der Waals surface area contributed by atoms with Crippen LogP contribution >= 0.6 is 0 Å². The molecule has 11 nitrogen and oxygen atoms in total. The molecule has 0 aromatic heterocycles. The first-order valence-corrected chi connectivity index (χ1v) is 9.60. The van der Waals surface area contributed by atoms with Crippen molar-refractivity contribution in [1.29, 1.82) is 0 Å². The zero-order valence-corrected chi connectivity index (χ0v) is 17.0. The van der Waals surface area contributed by atoms with Gasteiger partial charge in [0.25, 0.3) is 0 Å². The number of halogens is 1. The lowest BCUT2D eigenvalue weighted by Gasteiger charge is -2.18. The molecule has 0 aliphatic rings. The summed E-state index contributed by atoms with van der Waals surface area (Å²) in [7, 11) is 0. The number of hydrogen-bond acceptors (Lipinski definition) is 6. The third-order valence-electron chi connectivity index (χ3n) is 4.34. The van der Waals surface area contributed by atoms with Crippen molar-refractivity contribution in [3.05, 3.63) is 12.7 Å². The molecule has 2 unspecified atom stereocenters. The zero-order valence-electron chi connectivity index (χ0n) is 17.0. The first-order valence-electron chi connectivity index (χ1n) is 9.60. The number of hydrogen-bond donors (Lipinski definition) is 5. The summed E-state index contributed by atoms with van der Waals surface area (Å²) >= 11 is 0. The number of rotatable bonds is 17. The molecule has 5 N–H and O–H groups in total. The van der Waals surface area contributed by atoms with Crippen LogP contribution in [0.2, 0.25) is 0 Å². The summed E-state index contributed by atoms with van der Waals surface area (Å²) in [4.78, 5) is 60.2. The van der Waals surface area contributed by atoms with Crippen molar-refractivity contribution in [3.63, 3.8) is 0 Å². The van der Waals surface area contributed by atoms with Gasteiger partial charge in [-0.1, -0.05) is 18.9 Å². The van der Waals surface area contributed by atoms with E-state index in [1.165, 1.54) is 6.08 Å². The van der Waals surface area contributed by atoms with E-state index in [1.807, 2.05) is 5.32 Å². The molecule has 0 heterocycles. The maximum absolute atomic E-state index is 12.0. The Kier molecular flexibility index (Phi) is 13.9. The van der Waals surface area contributed by atoms with E-state index in [2.05, 4.69) is 16.9 Å². The van der Waals surface area contributed by atoms with E-state index in [4.69, 9.17) is 10.2 Å². The van der Waals surface area contributed by atoms with Crippen LogP contribution in [0.1, 0.15) is 44.9 Å². The molecule has 0 fully saturated rings. The van der Waals surface area contributed by atoms with Crippen LogP contribution in [-0.4, -0.2) is 70.1 Å². The largest absolute Gasteiger partial charge is 0.481 e. The van der Waals surface area contributed by atoms with Crippen LogP contribution in [0.5, 0.6) is 0 Å². The van der Waals surface area contributed by atoms with Gasteiger partial charge in [0.1, 0.15) is 17.9 Å². The van der Waals surface area contributed by atoms with E-state index in [-0.39, 0.29) is 38.1 Å². The van der Waals surface area contributed by atoms with E-state index in [1.54, 1.807) is 0 Å². The Bertz CT molecular complexity index is 683. The third kappa shape index (κ3) is 12.8. The van der Waals surface area contributed by atoms with Crippen LogP contribution in [0.4, 0.5) is 9.18 Å². The van der Waals surface area contributed by atoms with Gasteiger partial charge in [0, 0.05) is 12.8 Å². The van der Waals surface area contributed by atoms with Gasteiger partial charge in [0.2, 0.25) is 0 Å². The zero-order chi connectivity index (χ0) is 23.8. The summed E-state index contributed by atoms with van der Waals surface area (Å²) in [5.41, 5.74) is 0. The highest BCUT2D eigenvalue weighted by Gasteiger charge is 2.24. The first kappa shape index (κ1) is 27.7. The van der Waals surface area contributed by atoms with Gasteiger partial charge in [0.15, 0.2) is 6.47 Å². The molecule has 0 rings (SSSR count). The predicted molar refractivity (Wildman–Crippen MR) is 108 cm³/mol. The summed E-state index contributed by atoms with van der Waals surface area (Å²) in [6, 6.07) is -3.80. The van der Waals surface area contributed by atoms with E-state index in [0.29, 0.717) is 19.3 Å². The fourth-order valence-electron chi connectivity index (χ4n) is 2.61. The van der Waals surface area contributed by atoms with E-state index >= 15 is 0 Å². The standard InChI is InChI=1S/C19H28FN3O8/c1-2-12(10-21-11-20)15(24)7-5-3-4-6-13(17(27)28)22-19(31)23-14(18(29)30)8-9-16(25)26/h2,11-14H,1,3-10H2,(H,25,26)(H,27,28)(H,29,30)(H2,22,23,31)/t12?,13-,14?/m0/s1/i20-1. The lowest BCUT2D eigenvalue weighted by molar-refractivity contribution is -0.140. The van der Waals surface area contributed by atoms with Crippen molar-refractivity contribution >= 4 is 36.2 Å². The first-order chi connectivity index (χ1) is 14.6. The SMILES string of the molecule is C=CC(CN=C[18F])C(=O)CCCCC[C@H](NC(=O)NC(CCC(=O)O)C(=O)O)C(=O)O. The number of carboxylic acids is 3. The highest BCUT2D eigenvalue weighted by atomic mass is 18.2. The van der Waals surface area contributed by atoms with Gasteiger partial charge >= 0.3 is 23.9 Å². The van der Waals surface area contributed by atoms with Crippen LogP contribution in [0.3, 0.4) is 0 Å². The van der Waals surface area contributed by atoms with Crippen LogP contribution in [0.25, 0.3) is 0 Å². The smallest absolute Gasteiger partial charge is 0.326 e. The number of Topliss-reactive ketones (excluding diaryl/α,β-unsaturated/α-hetero) is 1. The van der Waals surface area contributed by atoms with Crippen molar-refractivity contribution in [2.24, 2.45) is 10.9 Å². The molecule has 0 aliphatic carbocycles. The maximum atomic E-state index is 12.0. The predicted octanol–water partition coefficient (Wildman–Crippen LogP) is 1.38. The fourth-order valence-corrected chi connectivity index (χ4v) is 2.61. The van der Waals surface area contributed by atoms with Gasteiger partial charge in [0.05, 0.1) is 12.5 Å². The van der Waals surface area contributed by atoms with Crippen molar-refractivity contribution in [1.82, 2.24) is 10.6 Å². The molecule has 0 aliphatic heterocycles. The van der Waals surface area contributed by atoms with Gasteiger partial charge in [-0.05, 0) is 19.3 Å². The summed E-state index contributed by atoms with van der Waals surface area (Å²) < 4.78 is 11.9. The van der Waals surface area contributed by atoms with Crippen LogP contribution < -0.4 is 10.6 Å². The van der Waals surface area contributed by atoms with E-state index in [0.717, 1.165) is 0 Å². The summed E-state index contributed by atoms with van der Waals surface area (Å²) in [6.45, 7) is 3.60. The number of nitrogens with zero attached hydrogens (tertiary/aromatic N) is 1. The monoisotopic (exact) mass is 444 g/mol. The molecule has 174 valence electrons. The molecular weight excluding hydrogens is 416 g/mol. The molecule has 0 saturated heterocycles. The molecule has 2 amide bonds. The molecule has 0 aromatic carbocycles. The number of carbonyl (C=O) groups is 5. The van der Waals surface area contributed by atoms with Gasteiger partial charge in [-0.15, -0.1) is 6.58 Å². The normalized spacial score (nSPS) is 13.7. The minimum atomic E-state index is -1.48. The van der Waals surface area contributed by atoms with Gasteiger partial charge in [-0.2, -0.15) is 4.39 Å². The molecule has 0 spiro atoms. The number of amides is 2. The number of carbonyl (C=O) groups excluding carboxylic acids is 2. The van der Waals surface area contributed by atoms with Crippen LogP contribution in [0.15, 0.2) is 17.6 Å². The Balaban J connectivity index is 4.45. The quantitative estimate of drug-likeness (QED) is 0.127. The molecule has 3 atom stereocenters. The van der Waals surface area contributed by atoms with Gasteiger partial charge < -0.3 is 26.0 Å². The third-order valence-corrected chi connectivity index (χ3v) is 4.34. The van der Waals surface area contributed by atoms with Gasteiger partial charge in [-0.25, -0.2) is 14.4 Å². The van der Waals surface area contributed by atoms with Crippen molar-refractivity contribution in [2.45, 2.75) is 57.0 Å². The molecular formula is C19H28FN3O8. The summed E-state index contributed by atoms with van der Waals surface area (Å²) in [6.07, 6.45) is 2.10. The lowest BCUT2D eigenvalue weighted by Crippen LogP contribution is -2.51. The van der Waals surface area contributed by atoms with E-state index < -0.39 is 48.4 Å². The van der Waals surface area contributed by atoms with Crippen molar-refractivity contribution in [2.75, 3.05) is 6.54 Å². The second-order valence-corrected chi connectivity index (χ2v) is 6.70. The number of ketones is 1. The number of carboxylic acid groups (broad SMARTS) is 3. The Morgan fingerprint density at radius 3 is 1.97 bits per heavy atom. The fraction of sp³-hybridized carbons (Fsp3) is 0.579. The molecule has 0 saturated carbocycles. The second kappa shape index (κ2) is 15.5. The van der Waals surface area contributed by atoms with E-state index in [9.17, 15) is 33.5 Å². The summed E-state index contributed by atoms with van der Waals surface area (Å²) in [5.74, 6) is -4.74. The number of unbranched alkanes of at least 4 members (excludes halogenated alkanes) is 2. The molecule has 31 heavy (non-hydrogen) atoms. The number of nitrogens with one attached hydrogen (secondary N) is 2. The molecule has 0 aromatic rings. The van der Waals surface area contributed by atoms with Crippen LogP contribution in [-0.2, 0) is 19.2 Å². The highest BCUT2D eigenvalue weighted by molar-refractivity contribution is 5.86. The molecule has 12 heteroatoms.